The molecule has 2 unspecified atom stereocenters. The first-order valence-corrected chi connectivity index (χ1v) is 12.9. The van der Waals surface area contributed by atoms with Crippen molar-refractivity contribution in [3.8, 4) is 0 Å². The highest BCUT2D eigenvalue weighted by Gasteiger charge is 2.52. The third kappa shape index (κ3) is 4.35. The second-order valence-corrected chi connectivity index (χ2v) is 12.5. The van der Waals surface area contributed by atoms with Gasteiger partial charge < -0.3 is 14.4 Å². The Morgan fingerprint density at radius 3 is 2.30 bits per heavy atom. The molecule has 9 heteroatoms. The molecule has 0 saturated carbocycles. The molecule has 0 spiro atoms. The number of nitrogens with zero attached hydrogens (tertiary/aromatic N) is 2. The third-order valence-electron chi connectivity index (χ3n) is 6.58. The molecule has 0 bridgehead atoms. The Morgan fingerprint density at radius 1 is 1.15 bits per heavy atom. The number of hydrogen-bond donors (Lipinski definition) is 0. The van der Waals surface area contributed by atoms with Gasteiger partial charge in [0.15, 0.2) is 14.6 Å². The van der Waals surface area contributed by atoms with Crippen LogP contribution in [-0.4, -0.2) is 62.9 Å². The molecular formula is C24H34N2O6S. The number of rotatable bonds is 4. The van der Waals surface area contributed by atoms with Crippen molar-refractivity contribution in [3.05, 3.63) is 29.5 Å². The SMILES string of the molecule is COC(=O)C(C)(C1CCc2c(n(C(=O)OC(C)(C)C)c3ccc(N(C)C)cc23)C1)S(C)(=O)=O. The summed E-state index contributed by atoms with van der Waals surface area (Å²) in [5.74, 6) is -1.33. The normalized spacial score (nSPS) is 18.4. The van der Waals surface area contributed by atoms with Crippen LogP contribution in [-0.2, 0) is 36.9 Å². The van der Waals surface area contributed by atoms with Crippen molar-refractivity contribution in [2.75, 3.05) is 32.4 Å². The average molecular weight is 479 g/mol. The van der Waals surface area contributed by atoms with Crippen molar-refractivity contribution in [2.24, 2.45) is 5.92 Å². The van der Waals surface area contributed by atoms with Crippen molar-refractivity contribution >= 4 is 38.5 Å². The summed E-state index contributed by atoms with van der Waals surface area (Å²) < 4.78 is 35.9. The van der Waals surface area contributed by atoms with E-state index >= 15 is 0 Å². The molecule has 2 aromatic rings. The summed E-state index contributed by atoms with van der Waals surface area (Å²) in [6.07, 6.45) is 1.79. The second-order valence-electron chi connectivity index (χ2n) is 10.1. The van der Waals surface area contributed by atoms with Crippen LogP contribution < -0.4 is 4.90 Å². The van der Waals surface area contributed by atoms with Crippen molar-refractivity contribution in [1.82, 2.24) is 4.57 Å². The summed E-state index contributed by atoms with van der Waals surface area (Å²) in [5, 5.41) is 0.930. The summed E-state index contributed by atoms with van der Waals surface area (Å²) >= 11 is 0. The van der Waals surface area contributed by atoms with Gasteiger partial charge in [0.25, 0.3) is 0 Å². The van der Waals surface area contributed by atoms with E-state index < -0.39 is 38.2 Å². The number of carbonyl (C=O) groups excluding carboxylic acids is 2. The molecule has 2 atom stereocenters. The van der Waals surface area contributed by atoms with E-state index in [1.807, 2.05) is 37.2 Å². The van der Waals surface area contributed by atoms with E-state index in [0.717, 1.165) is 22.9 Å². The quantitative estimate of drug-likeness (QED) is 0.620. The van der Waals surface area contributed by atoms with Crippen molar-refractivity contribution < 1.29 is 27.5 Å². The van der Waals surface area contributed by atoms with Gasteiger partial charge in [0.2, 0.25) is 0 Å². The molecule has 33 heavy (non-hydrogen) atoms. The summed E-state index contributed by atoms with van der Waals surface area (Å²) in [4.78, 5) is 28.0. The number of benzene rings is 1. The van der Waals surface area contributed by atoms with Gasteiger partial charge in [0.05, 0.1) is 12.6 Å². The van der Waals surface area contributed by atoms with Crippen LogP contribution in [0.5, 0.6) is 0 Å². The standard InChI is InChI=1S/C24H34N2O6S/c1-23(2,3)32-22(28)26-19-12-10-16(25(5)6)14-18(19)17-11-9-15(13-20(17)26)24(4,21(27)31-7)33(8,29)30/h10,12,14-15H,9,11,13H2,1-8H3. The zero-order valence-corrected chi connectivity index (χ0v) is 21.5. The maximum Gasteiger partial charge on any atom is 0.419 e. The smallest absolute Gasteiger partial charge is 0.419 e. The minimum Gasteiger partial charge on any atom is -0.468 e. The highest BCUT2D eigenvalue weighted by molar-refractivity contribution is 7.92. The maximum atomic E-state index is 13.3. The summed E-state index contributed by atoms with van der Waals surface area (Å²) in [6.45, 7) is 6.82. The monoisotopic (exact) mass is 478 g/mol. The highest BCUT2D eigenvalue weighted by Crippen LogP contribution is 2.42. The van der Waals surface area contributed by atoms with E-state index in [0.29, 0.717) is 24.1 Å². The Morgan fingerprint density at radius 2 is 1.79 bits per heavy atom. The summed E-state index contributed by atoms with van der Waals surface area (Å²) in [5.41, 5.74) is 2.66. The molecule has 3 rings (SSSR count). The van der Waals surface area contributed by atoms with E-state index in [-0.39, 0.29) is 6.42 Å². The number of aryl methyl sites for hydroxylation is 1. The lowest BCUT2D eigenvalue weighted by atomic mass is 9.79. The summed E-state index contributed by atoms with van der Waals surface area (Å²) in [6, 6.07) is 5.85. The molecule has 1 heterocycles. The molecule has 182 valence electrons. The summed E-state index contributed by atoms with van der Waals surface area (Å²) in [7, 11) is 1.29. The lowest BCUT2D eigenvalue weighted by Crippen LogP contribution is -2.52. The van der Waals surface area contributed by atoms with Gasteiger partial charge in [-0.25, -0.2) is 17.8 Å². The van der Waals surface area contributed by atoms with E-state index in [9.17, 15) is 18.0 Å². The van der Waals surface area contributed by atoms with Gasteiger partial charge in [-0.05, 0) is 76.6 Å². The lowest BCUT2D eigenvalue weighted by molar-refractivity contribution is -0.145. The number of aromatic nitrogens is 1. The molecule has 1 aliphatic rings. The number of carbonyl (C=O) groups is 2. The third-order valence-corrected chi connectivity index (χ3v) is 8.62. The van der Waals surface area contributed by atoms with E-state index in [1.54, 1.807) is 25.3 Å². The molecule has 0 saturated heterocycles. The molecule has 0 aliphatic heterocycles. The molecule has 1 aromatic heterocycles. The van der Waals surface area contributed by atoms with Gasteiger partial charge >= 0.3 is 12.1 Å². The van der Waals surface area contributed by atoms with Crippen LogP contribution >= 0.6 is 0 Å². The van der Waals surface area contributed by atoms with Gasteiger partial charge in [-0.3, -0.25) is 4.79 Å². The predicted molar refractivity (Wildman–Crippen MR) is 129 cm³/mol. The van der Waals surface area contributed by atoms with Crippen LogP contribution in [0.1, 0.15) is 45.4 Å². The largest absolute Gasteiger partial charge is 0.468 e. The van der Waals surface area contributed by atoms with Crippen molar-refractivity contribution in [1.29, 1.82) is 0 Å². The predicted octanol–water partition coefficient (Wildman–Crippen LogP) is 3.57. The zero-order valence-electron chi connectivity index (χ0n) is 20.7. The van der Waals surface area contributed by atoms with Gasteiger partial charge in [-0.15, -0.1) is 0 Å². The van der Waals surface area contributed by atoms with Crippen LogP contribution in [0.2, 0.25) is 0 Å². The number of ether oxygens (including phenoxy) is 2. The number of esters is 1. The fraction of sp³-hybridized carbons (Fsp3) is 0.583. The molecule has 1 aliphatic carbocycles. The van der Waals surface area contributed by atoms with Crippen LogP contribution in [0.4, 0.5) is 10.5 Å². The zero-order chi connectivity index (χ0) is 24.9. The molecule has 0 radical (unpaired) electrons. The van der Waals surface area contributed by atoms with Crippen molar-refractivity contribution in [3.63, 3.8) is 0 Å². The number of anilines is 1. The van der Waals surface area contributed by atoms with Gasteiger partial charge in [-0.1, -0.05) is 0 Å². The first-order valence-electron chi connectivity index (χ1n) is 11.0. The number of fused-ring (bicyclic) bond motifs is 3. The molecule has 0 N–H and O–H groups in total. The van der Waals surface area contributed by atoms with Gasteiger partial charge in [0, 0.05) is 37.1 Å². The molecule has 0 fully saturated rings. The van der Waals surface area contributed by atoms with Crippen molar-refractivity contribution in [2.45, 2.75) is 57.3 Å². The number of sulfone groups is 1. The number of hydrogen-bond acceptors (Lipinski definition) is 7. The molecular weight excluding hydrogens is 444 g/mol. The van der Waals surface area contributed by atoms with Crippen LogP contribution in [0.25, 0.3) is 10.9 Å². The minimum absolute atomic E-state index is 0.235. The fourth-order valence-electron chi connectivity index (χ4n) is 4.63. The van der Waals surface area contributed by atoms with E-state index in [2.05, 4.69) is 0 Å². The second kappa shape index (κ2) is 8.34. The lowest BCUT2D eigenvalue weighted by Gasteiger charge is -2.36. The Labute approximate surface area is 195 Å². The Balaban J connectivity index is 2.23. The number of methoxy groups -OCH3 is 1. The van der Waals surface area contributed by atoms with E-state index in [1.165, 1.54) is 14.0 Å². The average Bonchev–Trinajstić information content (AvgIpc) is 3.03. The van der Waals surface area contributed by atoms with Gasteiger partial charge in [0.1, 0.15) is 5.60 Å². The van der Waals surface area contributed by atoms with Gasteiger partial charge in [-0.2, -0.15) is 0 Å². The van der Waals surface area contributed by atoms with E-state index in [4.69, 9.17) is 9.47 Å². The Bertz CT molecular complexity index is 1210. The molecule has 8 nitrogen and oxygen atoms in total. The Hall–Kier alpha value is -2.55. The fourth-order valence-corrected chi connectivity index (χ4v) is 5.82. The molecule has 0 amide bonds. The maximum absolute atomic E-state index is 13.3. The first kappa shape index (κ1) is 25.1. The highest BCUT2D eigenvalue weighted by atomic mass is 32.2. The molecule has 1 aromatic carbocycles. The van der Waals surface area contributed by atoms with Crippen LogP contribution in [0, 0.1) is 5.92 Å². The minimum atomic E-state index is -3.79. The topological polar surface area (TPSA) is 94.9 Å². The Kier molecular flexibility index (Phi) is 6.34. The van der Waals surface area contributed by atoms with Crippen LogP contribution in [0.3, 0.4) is 0 Å². The van der Waals surface area contributed by atoms with Crippen LogP contribution in [0.15, 0.2) is 18.2 Å². The first-order chi connectivity index (χ1) is 15.1.